The van der Waals surface area contributed by atoms with Crippen molar-refractivity contribution in [3.05, 3.63) is 22.5 Å². The second-order valence-corrected chi connectivity index (χ2v) is 8.32. The number of hydrogen-bond donors (Lipinski definition) is 2. The van der Waals surface area contributed by atoms with Crippen LogP contribution in [0.25, 0.3) is 0 Å². The Morgan fingerprint density at radius 2 is 2.36 bits per heavy atom. The molecule has 3 heterocycles. The lowest BCUT2D eigenvalue weighted by atomic mass is 10.1. The fourth-order valence-corrected chi connectivity index (χ4v) is 5.69. The Hall–Kier alpha value is -1.03. The van der Waals surface area contributed by atoms with Gasteiger partial charge in [-0.05, 0) is 12.0 Å². The van der Waals surface area contributed by atoms with E-state index >= 15 is 0 Å². The van der Waals surface area contributed by atoms with Crippen molar-refractivity contribution in [2.75, 3.05) is 11.5 Å². The molecule has 2 N–H and O–H groups in total. The van der Waals surface area contributed by atoms with Gasteiger partial charge in [0.25, 0.3) is 5.91 Å². The Labute approximate surface area is 139 Å². The number of β-lactam (4-membered cyclic amide) rings is 1. The van der Waals surface area contributed by atoms with E-state index in [0.29, 0.717) is 17.1 Å². The van der Waals surface area contributed by atoms with Gasteiger partial charge in [-0.1, -0.05) is 6.92 Å². The molecule has 2 atom stereocenters. The molecule has 6 nitrogen and oxygen atoms in total. The number of hydrogen-bond acceptors (Lipinski definition) is 7. The number of amides is 1. The summed E-state index contributed by atoms with van der Waals surface area (Å²) < 4.78 is 1.04. The number of carbonyl (C=O) groups excluding carboxylic acids is 1. The number of aliphatic hydroxyl groups is 1. The van der Waals surface area contributed by atoms with Crippen LogP contribution in [0.5, 0.6) is 0 Å². The number of aliphatic hydroxyl groups excluding tert-OH is 1. The number of carbonyl (C=O) groups is 2. The number of aliphatic carboxylic acids is 1. The van der Waals surface area contributed by atoms with Gasteiger partial charge in [0.05, 0.1) is 15.4 Å². The molecular weight excluding hydrogens is 344 g/mol. The molecule has 1 aromatic rings. The summed E-state index contributed by atoms with van der Waals surface area (Å²) in [5.74, 6) is -0.616. The van der Waals surface area contributed by atoms with Crippen LogP contribution in [0.15, 0.2) is 21.7 Å². The molecule has 1 fully saturated rings. The molecule has 1 amide bonds. The Kier molecular flexibility index (Phi) is 4.49. The van der Waals surface area contributed by atoms with Crippen molar-refractivity contribution in [3.63, 3.8) is 0 Å². The first-order chi connectivity index (χ1) is 10.5. The average molecular weight is 358 g/mol. The largest absolute Gasteiger partial charge is 0.477 e. The van der Waals surface area contributed by atoms with Crippen molar-refractivity contribution < 1.29 is 19.8 Å². The van der Waals surface area contributed by atoms with Crippen LogP contribution in [0.1, 0.15) is 11.9 Å². The molecule has 0 saturated carbocycles. The maximum Gasteiger partial charge on any atom is 0.352 e. The smallest absolute Gasteiger partial charge is 0.352 e. The van der Waals surface area contributed by atoms with Crippen LogP contribution in [0, 0.1) is 0 Å². The number of rotatable bonds is 5. The minimum Gasteiger partial charge on any atom is -0.477 e. The summed E-state index contributed by atoms with van der Waals surface area (Å²) >= 11 is 4.54. The van der Waals surface area contributed by atoms with Gasteiger partial charge in [-0.15, -0.1) is 34.9 Å². The Morgan fingerprint density at radius 1 is 1.59 bits per heavy atom. The SMILES string of the molecule is CCc1ncc(SCC2=C(C(=O)O)N3C(=O)[C@@H](O)[C@@H]3SC2)s1. The highest BCUT2D eigenvalue weighted by Gasteiger charge is 2.52. The molecule has 1 saturated heterocycles. The van der Waals surface area contributed by atoms with Crippen LogP contribution in [-0.4, -0.2) is 55.0 Å². The third-order valence-electron chi connectivity index (χ3n) is 3.45. The minimum atomic E-state index is -1.11. The quantitative estimate of drug-likeness (QED) is 0.607. The van der Waals surface area contributed by atoms with E-state index in [-0.39, 0.29) is 5.70 Å². The van der Waals surface area contributed by atoms with E-state index < -0.39 is 23.4 Å². The van der Waals surface area contributed by atoms with Crippen molar-refractivity contribution in [1.82, 2.24) is 9.88 Å². The highest BCUT2D eigenvalue weighted by Crippen LogP contribution is 2.41. The molecule has 0 unspecified atom stereocenters. The summed E-state index contributed by atoms with van der Waals surface area (Å²) in [6.07, 6.45) is 1.60. The molecule has 0 aromatic carbocycles. The second-order valence-electron chi connectivity index (χ2n) is 4.83. The standard InChI is InChI=1S/C13H14N2O4S3/c1-2-7-14-3-8(22-7)20-4-6-5-21-12-10(16)11(17)15(12)9(6)13(18)19/h3,10,12,16H,2,4-5H2,1H3,(H,18,19)/t10-,12+/m1/s1. The van der Waals surface area contributed by atoms with E-state index in [1.165, 1.54) is 28.4 Å². The number of carboxylic acid groups (broad SMARTS) is 1. The minimum absolute atomic E-state index is 0.0341. The van der Waals surface area contributed by atoms with Crippen molar-refractivity contribution in [1.29, 1.82) is 0 Å². The van der Waals surface area contributed by atoms with Crippen LogP contribution >= 0.6 is 34.9 Å². The van der Waals surface area contributed by atoms with Crippen LogP contribution in [0.2, 0.25) is 0 Å². The molecule has 0 aliphatic carbocycles. The molecule has 3 rings (SSSR count). The number of aromatic nitrogens is 1. The van der Waals surface area contributed by atoms with Gasteiger partial charge in [-0.2, -0.15) is 0 Å². The Bertz CT molecular complexity index is 657. The number of nitrogens with zero attached hydrogens (tertiary/aromatic N) is 2. The highest BCUT2D eigenvalue weighted by atomic mass is 32.2. The van der Waals surface area contributed by atoms with E-state index in [9.17, 15) is 19.8 Å². The number of fused-ring (bicyclic) bond motifs is 1. The fraction of sp³-hybridized carbons (Fsp3) is 0.462. The maximum atomic E-state index is 11.7. The van der Waals surface area contributed by atoms with E-state index in [0.717, 1.165) is 15.6 Å². The van der Waals surface area contributed by atoms with Gasteiger partial charge in [0.15, 0.2) is 6.10 Å². The summed E-state index contributed by atoms with van der Waals surface area (Å²) in [4.78, 5) is 28.7. The third kappa shape index (κ3) is 2.66. The first-order valence-electron chi connectivity index (χ1n) is 6.68. The number of aryl methyl sites for hydroxylation is 1. The Balaban J connectivity index is 1.78. The molecule has 0 radical (unpaired) electrons. The van der Waals surface area contributed by atoms with Gasteiger partial charge in [-0.3, -0.25) is 9.69 Å². The lowest BCUT2D eigenvalue weighted by Gasteiger charge is -2.47. The molecule has 9 heteroatoms. The van der Waals surface area contributed by atoms with E-state index in [4.69, 9.17) is 0 Å². The van der Waals surface area contributed by atoms with Gasteiger partial charge >= 0.3 is 5.97 Å². The highest BCUT2D eigenvalue weighted by molar-refractivity contribution is 8.02. The zero-order chi connectivity index (χ0) is 15.9. The van der Waals surface area contributed by atoms with Crippen LogP contribution in [-0.2, 0) is 16.0 Å². The van der Waals surface area contributed by atoms with Gasteiger partial charge in [0.2, 0.25) is 0 Å². The predicted octanol–water partition coefficient (Wildman–Crippen LogP) is 1.41. The van der Waals surface area contributed by atoms with Crippen molar-refractivity contribution in [3.8, 4) is 0 Å². The zero-order valence-electron chi connectivity index (χ0n) is 11.7. The summed E-state index contributed by atoms with van der Waals surface area (Å²) in [6, 6.07) is 0. The number of carboxylic acids is 1. The van der Waals surface area contributed by atoms with Gasteiger partial charge in [0, 0.05) is 11.5 Å². The topological polar surface area (TPSA) is 90.7 Å². The third-order valence-corrected chi connectivity index (χ3v) is 7.19. The average Bonchev–Trinajstić information content (AvgIpc) is 2.99. The molecule has 0 bridgehead atoms. The van der Waals surface area contributed by atoms with Crippen LogP contribution in [0.4, 0.5) is 0 Å². The first-order valence-corrected chi connectivity index (χ1v) is 9.53. The Morgan fingerprint density at radius 3 is 3.00 bits per heavy atom. The van der Waals surface area contributed by atoms with Crippen LogP contribution in [0.3, 0.4) is 0 Å². The number of thioether (sulfide) groups is 2. The van der Waals surface area contributed by atoms with E-state index in [2.05, 4.69) is 4.98 Å². The van der Waals surface area contributed by atoms with Crippen molar-refractivity contribution >= 4 is 46.7 Å². The predicted molar refractivity (Wildman–Crippen MR) is 86.0 cm³/mol. The normalized spacial score (nSPS) is 24.3. The lowest BCUT2D eigenvalue weighted by molar-refractivity contribution is -0.159. The van der Waals surface area contributed by atoms with Gasteiger partial charge < -0.3 is 10.2 Å². The van der Waals surface area contributed by atoms with Crippen molar-refractivity contribution in [2.24, 2.45) is 0 Å². The molecule has 22 heavy (non-hydrogen) atoms. The molecule has 0 spiro atoms. The monoisotopic (exact) mass is 358 g/mol. The molecule has 2 aliphatic heterocycles. The summed E-state index contributed by atoms with van der Waals surface area (Å²) in [6.45, 7) is 2.04. The second kappa shape index (κ2) is 6.23. The maximum absolute atomic E-state index is 11.7. The summed E-state index contributed by atoms with van der Waals surface area (Å²) in [5.41, 5.74) is 0.747. The first kappa shape index (κ1) is 15.9. The zero-order valence-corrected chi connectivity index (χ0v) is 14.1. The lowest BCUT2D eigenvalue weighted by Crippen LogP contribution is -2.64. The van der Waals surface area contributed by atoms with E-state index in [1.54, 1.807) is 17.5 Å². The fourth-order valence-electron chi connectivity index (χ4n) is 2.32. The summed E-state index contributed by atoms with van der Waals surface area (Å²) in [5, 5.41) is 19.6. The molecule has 1 aromatic heterocycles. The molecular formula is C13H14N2O4S3. The van der Waals surface area contributed by atoms with Gasteiger partial charge in [0.1, 0.15) is 11.1 Å². The summed E-state index contributed by atoms with van der Waals surface area (Å²) in [7, 11) is 0. The van der Waals surface area contributed by atoms with E-state index in [1.807, 2.05) is 6.92 Å². The molecule has 118 valence electrons. The van der Waals surface area contributed by atoms with Gasteiger partial charge in [-0.25, -0.2) is 9.78 Å². The number of thiazole rings is 1. The van der Waals surface area contributed by atoms with Crippen molar-refractivity contribution in [2.45, 2.75) is 29.0 Å². The van der Waals surface area contributed by atoms with Crippen LogP contribution < -0.4 is 0 Å². The molecule has 2 aliphatic rings.